The minimum atomic E-state index is -0.295. The van der Waals surface area contributed by atoms with E-state index in [9.17, 15) is 4.79 Å². The smallest absolute Gasteiger partial charge is 0.247 e. The minimum absolute atomic E-state index is 0.110. The molecule has 0 saturated carbocycles. The lowest BCUT2D eigenvalue weighted by Crippen LogP contribution is -2.10. The first-order valence-electron chi connectivity index (χ1n) is 11.9. The summed E-state index contributed by atoms with van der Waals surface area (Å²) in [7, 11) is 0. The molecule has 5 aromatic rings. The molecule has 2 aromatic carbocycles. The second kappa shape index (κ2) is 9.70. The van der Waals surface area contributed by atoms with Gasteiger partial charge in [-0.25, -0.2) is 9.97 Å². The Morgan fingerprint density at radius 1 is 1.00 bits per heavy atom. The first kappa shape index (κ1) is 23.9. The number of aromatic amines is 1. The highest BCUT2D eigenvalue weighted by Gasteiger charge is 2.14. The number of anilines is 1. The lowest BCUT2D eigenvalue weighted by atomic mass is 9.86. The van der Waals surface area contributed by atoms with Crippen molar-refractivity contribution in [2.24, 2.45) is 0 Å². The van der Waals surface area contributed by atoms with Crippen LogP contribution in [0.15, 0.2) is 91.9 Å². The third kappa shape index (κ3) is 5.26. The van der Waals surface area contributed by atoms with Crippen LogP contribution in [0.5, 0.6) is 11.6 Å². The number of fused-ring (bicyclic) bond motifs is 1. The molecule has 2 N–H and O–H groups in total. The van der Waals surface area contributed by atoms with Crippen molar-refractivity contribution in [3.8, 4) is 34.0 Å². The number of nitrogens with zero attached hydrogens (tertiary/aromatic N) is 3. The molecular weight excluding hydrogens is 462 g/mol. The number of benzene rings is 2. The van der Waals surface area contributed by atoms with Gasteiger partial charge < -0.3 is 15.0 Å². The maximum Gasteiger partial charge on any atom is 0.247 e. The van der Waals surface area contributed by atoms with Crippen molar-refractivity contribution >= 4 is 22.8 Å². The van der Waals surface area contributed by atoms with Crippen LogP contribution in [0.3, 0.4) is 0 Å². The van der Waals surface area contributed by atoms with Gasteiger partial charge in [-0.2, -0.15) is 0 Å². The van der Waals surface area contributed by atoms with Crippen LogP contribution in [0, 0.1) is 0 Å². The van der Waals surface area contributed by atoms with Gasteiger partial charge in [0.25, 0.3) is 0 Å². The lowest BCUT2D eigenvalue weighted by Gasteiger charge is -2.19. The topological polar surface area (TPSA) is 92.8 Å². The molecule has 0 unspecified atom stereocenters. The molecule has 0 radical (unpaired) electrons. The highest BCUT2D eigenvalue weighted by Crippen LogP contribution is 2.31. The number of nitrogens with one attached hydrogen (secondary N) is 2. The molecule has 0 aliphatic carbocycles. The average Bonchev–Trinajstić information content (AvgIpc) is 3.32. The first-order chi connectivity index (χ1) is 17.8. The van der Waals surface area contributed by atoms with Gasteiger partial charge in [-0.05, 0) is 35.3 Å². The summed E-state index contributed by atoms with van der Waals surface area (Å²) in [6.07, 6.45) is 6.48. The Labute approximate surface area is 215 Å². The molecule has 0 saturated heterocycles. The summed E-state index contributed by atoms with van der Waals surface area (Å²) in [5.74, 6) is 0.567. The fourth-order valence-electron chi connectivity index (χ4n) is 3.96. The molecule has 37 heavy (non-hydrogen) atoms. The fourth-order valence-corrected chi connectivity index (χ4v) is 3.96. The number of hydrogen-bond donors (Lipinski definition) is 2. The second-order valence-electron chi connectivity index (χ2n) is 9.69. The quantitative estimate of drug-likeness (QED) is 0.253. The standard InChI is InChI=1S/C30H27N5O2/c1-5-26(36)34-22-7-6-8-23(15-22)37-27-18-33-29-28(35-27)24(17-32-29)20-11-14-25(31-16-20)19-9-12-21(13-10-19)30(2,3)4/h5-18H,1H2,2-4H3,(H,32,33)(H,34,36). The third-order valence-electron chi connectivity index (χ3n) is 5.99. The van der Waals surface area contributed by atoms with E-state index in [1.807, 2.05) is 24.5 Å². The van der Waals surface area contributed by atoms with Crippen molar-refractivity contribution in [1.29, 1.82) is 0 Å². The van der Waals surface area contributed by atoms with Gasteiger partial charge in [-0.1, -0.05) is 63.7 Å². The Balaban J connectivity index is 1.39. The summed E-state index contributed by atoms with van der Waals surface area (Å²) in [6, 6.07) is 19.6. The molecule has 0 spiro atoms. The van der Waals surface area contributed by atoms with Gasteiger partial charge in [0.2, 0.25) is 11.8 Å². The number of amides is 1. The van der Waals surface area contributed by atoms with Crippen molar-refractivity contribution in [3.05, 3.63) is 97.5 Å². The maximum atomic E-state index is 11.6. The lowest BCUT2D eigenvalue weighted by molar-refractivity contribution is -0.111. The van der Waals surface area contributed by atoms with E-state index < -0.39 is 0 Å². The number of carbonyl (C=O) groups excluding carboxylic acids is 1. The SMILES string of the molecule is C=CC(=O)Nc1cccc(Oc2cnc3[nH]cc(-c4ccc(-c5ccc(C(C)(C)C)cc5)nc4)c3n2)c1. The molecular formula is C30H27N5O2. The molecule has 0 fully saturated rings. The molecule has 184 valence electrons. The van der Waals surface area contributed by atoms with E-state index in [0.29, 0.717) is 28.5 Å². The van der Waals surface area contributed by atoms with Crippen molar-refractivity contribution in [2.75, 3.05) is 5.32 Å². The van der Waals surface area contributed by atoms with E-state index in [-0.39, 0.29) is 11.3 Å². The highest BCUT2D eigenvalue weighted by atomic mass is 16.5. The summed E-state index contributed by atoms with van der Waals surface area (Å²) < 4.78 is 5.93. The van der Waals surface area contributed by atoms with E-state index in [4.69, 9.17) is 9.72 Å². The van der Waals surface area contributed by atoms with E-state index >= 15 is 0 Å². The van der Waals surface area contributed by atoms with Gasteiger partial charge in [-0.3, -0.25) is 9.78 Å². The number of pyridine rings is 1. The maximum absolute atomic E-state index is 11.6. The first-order valence-corrected chi connectivity index (χ1v) is 11.9. The molecule has 7 heteroatoms. The number of H-pyrrole nitrogens is 1. The molecule has 3 heterocycles. The molecule has 1 amide bonds. The molecule has 0 aliphatic heterocycles. The van der Waals surface area contributed by atoms with E-state index in [0.717, 1.165) is 22.4 Å². The zero-order chi connectivity index (χ0) is 26.0. The number of carbonyl (C=O) groups is 1. The second-order valence-corrected chi connectivity index (χ2v) is 9.69. The van der Waals surface area contributed by atoms with Gasteiger partial charge in [0.1, 0.15) is 11.3 Å². The Morgan fingerprint density at radius 2 is 1.78 bits per heavy atom. The van der Waals surface area contributed by atoms with Crippen LogP contribution in [0.1, 0.15) is 26.3 Å². The van der Waals surface area contributed by atoms with Crippen molar-refractivity contribution in [1.82, 2.24) is 19.9 Å². The number of ether oxygens (including phenoxy) is 1. The van der Waals surface area contributed by atoms with Gasteiger partial charge in [-0.15, -0.1) is 0 Å². The summed E-state index contributed by atoms with van der Waals surface area (Å²) in [5, 5.41) is 2.71. The van der Waals surface area contributed by atoms with Gasteiger partial charge >= 0.3 is 0 Å². The molecule has 0 aliphatic rings. The predicted molar refractivity (Wildman–Crippen MR) is 147 cm³/mol. The Morgan fingerprint density at radius 3 is 2.49 bits per heavy atom. The Bertz CT molecular complexity index is 1580. The van der Waals surface area contributed by atoms with Crippen LogP contribution in [-0.4, -0.2) is 25.8 Å². The number of aromatic nitrogens is 4. The Hall–Kier alpha value is -4.78. The molecule has 3 aromatic heterocycles. The van der Waals surface area contributed by atoms with Gasteiger partial charge in [0.15, 0.2) is 5.65 Å². The van der Waals surface area contributed by atoms with Crippen molar-refractivity contribution in [2.45, 2.75) is 26.2 Å². The summed E-state index contributed by atoms with van der Waals surface area (Å²) >= 11 is 0. The monoisotopic (exact) mass is 489 g/mol. The number of hydrogen-bond acceptors (Lipinski definition) is 5. The molecule has 0 atom stereocenters. The van der Waals surface area contributed by atoms with E-state index in [1.54, 1.807) is 30.5 Å². The van der Waals surface area contributed by atoms with Crippen molar-refractivity contribution < 1.29 is 9.53 Å². The zero-order valence-electron chi connectivity index (χ0n) is 20.9. The predicted octanol–water partition coefficient (Wildman–Crippen LogP) is 6.90. The van der Waals surface area contributed by atoms with Gasteiger partial charge in [0.05, 0.1) is 11.9 Å². The van der Waals surface area contributed by atoms with Crippen LogP contribution >= 0.6 is 0 Å². The summed E-state index contributed by atoms with van der Waals surface area (Å²) in [5.41, 5.74) is 7.09. The minimum Gasteiger partial charge on any atom is -0.437 e. The normalized spacial score (nSPS) is 11.3. The molecule has 0 bridgehead atoms. The molecule has 5 rings (SSSR count). The van der Waals surface area contributed by atoms with Crippen LogP contribution in [0.2, 0.25) is 0 Å². The van der Waals surface area contributed by atoms with Crippen molar-refractivity contribution in [3.63, 3.8) is 0 Å². The fraction of sp³-hybridized carbons (Fsp3) is 0.133. The van der Waals surface area contributed by atoms with Crippen LogP contribution in [-0.2, 0) is 10.2 Å². The number of rotatable bonds is 6. The van der Waals surface area contributed by atoms with Gasteiger partial charge in [0, 0.05) is 40.8 Å². The third-order valence-corrected chi connectivity index (χ3v) is 5.99. The average molecular weight is 490 g/mol. The highest BCUT2D eigenvalue weighted by molar-refractivity contribution is 5.99. The van der Waals surface area contributed by atoms with Crippen LogP contribution in [0.25, 0.3) is 33.5 Å². The summed E-state index contributed by atoms with van der Waals surface area (Å²) in [6.45, 7) is 10.1. The van der Waals surface area contributed by atoms with Crippen LogP contribution < -0.4 is 10.1 Å². The largest absolute Gasteiger partial charge is 0.437 e. The van der Waals surface area contributed by atoms with E-state index in [2.05, 4.69) is 71.9 Å². The van der Waals surface area contributed by atoms with Crippen LogP contribution in [0.4, 0.5) is 5.69 Å². The Kier molecular flexibility index (Phi) is 6.27. The summed E-state index contributed by atoms with van der Waals surface area (Å²) in [4.78, 5) is 28.6. The zero-order valence-corrected chi connectivity index (χ0v) is 20.9. The van der Waals surface area contributed by atoms with E-state index in [1.165, 1.54) is 11.6 Å². The molecule has 7 nitrogen and oxygen atoms in total.